The number of nitrogens with zero attached hydrogens (tertiary/aromatic N) is 4. The van der Waals surface area contributed by atoms with Crippen LogP contribution in [0.4, 0.5) is 0 Å². The summed E-state index contributed by atoms with van der Waals surface area (Å²) in [6.07, 6.45) is -0.00991. The van der Waals surface area contributed by atoms with E-state index < -0.39 is 17.1 Å². The Morgan fingerprint density at radius 1 is 1.24 bits per heavy atom. The second kappa shape index (κ2) is 5.47. The average Bonchev–Trinajstić information content (AvgIpc) is 2.28. The summed E-state index contributed by atoms with van der Waals surface area (Å²) in [5, 5.41) is 8.39. The summed E-state index contributed by atoms with van der Waals surface area (Å²) in [6.45, 7) is 6.40. The fraction of sp³-hybridized carbons (Fsp3) is 0.444. The second-order valence-corrected chi connectivity index (χ2v) is 3.11. The van der Waals surface area contributed by atoms with Gasteiger partial charge in [-0.05, 0) is 0 Å². The molecule has 0 aliphatic heterocycles. The summed E-state index contributed by atoms with van der Waals surface area (Å²) in [5.41, 5.74) is -2.47. The highest BCUT2D eigenvalue weighted by molar-refractivity contribution is 4.78. The van der Waals surface area contributed by atoms with Gasteiger partial charge in [0, 0.05) is 6.54 Å². The first-order chi connectivity index (χ1) is 8.11. The maximum Gasteiger partial charge on any atom is 0.336 e. The molecule has 1 aromatic rings. The van der Waals surface area contributed by atoms with Gasteiger partial charge in [0.25, 0.3) is 0 Å². The third kappa shape index (κ3) is 2.69. The summed E-state index contributed by atoms with van der Waals surface area (Å²) in [4.78, 5) is 39.3. The quantitative estimate of drug-likeness (QED) is 0.643. The van der Waals surface area contributed by atoms with Crippen LogP contribution in [0.2, 0.25) is 0 Å². The first kappa shape index (κ1) is 12.5. The van der Waals surface area contributed by atoms with Gasteiger partial charge < -0.3 is 4.85 Å². The molecule has 1 rings (SSSR count). The number of nitriles is 1. The molecule has 1 heterocycles. The lowest BCUT2D eigenvalue weighted by molar-refractivity contribution is 0.524. The van der Waals surface area contributed by atoms with E-state index in [1.165, 1.54) is 0 Å². The van der Waals surface area contributed by atoms with Crippen LogP contribution in [-0.2, 0) is 13.1 Å². The Kier molecular flexibility index (Phi) is 4.01. The summed E-state index contributed by atoms with van der Waals surface area (Å²) in [6, 6.07) is 1.80. The summed E-state index contributed by atoms with van der Waals surface area (Å²) in [7, 11) is 0. The summed E-state index contributed by atoms with van der Waals surface area (Å²) in [5.74, 6) is 0. The zero-order valence-electron chi connectivity index (χ0n) is 8.84. The zero-order valence-corrected chi connectivity index (χ0v) is 8.84. The van der Waals surface area contributed by atoms with Crippen LogP contribution in [-0.4, -0.2) is 20.7 Å². The van der Waals surface area contributed by atoms with E-state index in [9.17, 15) is 14.4 Å². The van der Waals surface area contributed by atoms with E-state index in [0.717, 1.165) is 9.13 Å². The van der Waals surface area contributed by atoms with Gasteiger partial charge in [0.05, 0.1) is 12.5 Å². The van der Waals surface area contributed by atoms with E-state index in [-0.39, 0.29) is 26.1 Å². The van der Waals surface area contributed by atoms with Crippen LogP contribution in [0.15, 0.2) is 14.4 Å². The van der Waals surface area contributed by atoms with Crippen LogP contribution >= 0.6 is 0 Å². The number of rotatable bonds is 4. The lowest BCUT2D eigenvalue weighted by atomic mass is 10.5. The average molecular weight is 235 g/mol. The lowest BCUT2D eigenvalue weighted by Gasteiger charge is -2.04. The molecule has 0 saturated carbocycles. The standard InChI is InChI=1S/C9H9N5O3/c1-11-4-6-14-8(16)12-7(15)13(9(14)17)5-2-3-10/h2,4-6H2,(H,12,15,16). The first-order valence-electron chi connectivity index (χ1n) is 4.76. The normalized spacial score (nSPS) is 9.53. The SMILES string of the molecule is [C-]#[N+]CCn1c(=O)[nH]c(=O)n(CCC#N)c1=O. The van der Waals surface area contributed by atoms with Crippen LogP contribution in [0.1, 0.15) is 6.42 Å². The molecule has 0 saturated heterocycles. The molecule has 0 aliphatic rings. The van der Waals surface area contributed by atoms with Crippen molar-refractivity contribution >= 4 is 0 Å². The number of H-pyrrole nitrogens is 1. The molecule has 17 heavy (non-hydrogen) atoms. The Balaban J connectivity index is 3.30. The highest BCUT2D eigenvalue weighted by atomic mass is 16.2. The van der Waals surface area contributed by atoms with Crippen LogP contribution in [0, 0.1) is 17.9 Å². The van der Waals surface area contributed by atoms with Crippen molar-refractivity contribution in [1.29, 1.82) is 5.26 Å². The summed E-state index contributed by atoms with van der Waals surface area (Å²) < 4.78 is 1.55. The molecule has 0 amide bonds. The van der Waals surface area contributed by atoms with E-state index in [1.807, 2.05) is 4.98 Å². The van der Waals surface area contributed by atoms with Crippen molar-refractivity contribution < 1.29 is 0 Å². The third-order valence-electron chi connectivity index (χ3n) is 2.05. The number of aromatic amines is 1. The monoisotopic (exact) mass is 235 g/mol. The van der Waals surface area contributed by atoms with Crippen LogP contribution in [0.25, 0.3) is 4.85 Å². The molecule has 0 unspecified atom stereocenters. The third-order valence-corrected chi connectivity index (χ3v) is 2.05. The number of hydrogen-bond acceptors (Lipinski definition) is 4. The van der Waals surface area contributed by atoms with Crippen LogP contribution in [0.5, 0.6) is 0 Å². The molecule has 0 bridgehead atoms. The fourth-order valence-corrected chi connectivity index (χ4v) is 1.25. The molecule has 0 fully saturated rings. The lowest BCUT2D eigenvalue weighted by Crippen LogP contribution is -2.49. The highest BCUT2D eigenvalue weighted by Gasteiger charge is 2.09. The minimum Gasteiger partial charge on any atom is -0.315 e. The highest BCUT2D eigenvalue weighted by Crippen LogP contribution is 1.79. The minimum absolute atomic E-state index is 0.00991. The Morgan fingerprint density at radius 2 is 1.82 bits per heavy atom. The van der Waals surface area contributed by atoms with Gasteiger partial charge >= 0.3 is 17.1 Å². The molecule has 88 valence electrons. The Labute approximate surface area is 95.2 Å². The second-order valence-electron chi connectivity index (χ2n) is 3.11. The number of nitrogens with one attached hydrogen (secondary N) is 1. The van der Waals surface area contributed by atoms with Gasteiger partial charge in [0.2, 0.25) is 6.54 Å². The van der Waals surface area contributed by atoms with E-state index in [2.05, 4.69) is 4.85 Å². The van der Waals surface area contributed by atoms with E-state index in [0.29, 0.717) is 0 Å². The maximum absolute atomic E-state index is 11.7. The predicted molar refractivity (Wildman–Crippen MR) is 57.3 cm³/mol. The smallest absolute Gasteiger partial charge is 0.315 e. The predicted octanol–water partition coefficient (Wildman–Crippen LogP) is -1.47. The van der Waals surface area contributed by atoms with Crippen molar-refractivity contribution in [2.24, 2.45) is 0 Å². The molecular weight excluding hydrogens is 226 g/mol. The molecule has 0 radical (unpaired) electrons. The van der Waals surface area contributed by atoms with Gasteiger partial charge in [-0.1, -0.05) is 0 Å². The number of aromatic nitrogens is 3. The molecule has 1 aromatic heterocycles. The van der Waals surface area contributed by atoms with Gasteiger partial charge in [-0.15, -0.1) is 0 Å². The number of hydrogen-bond donors (Lipinski definition) is 1. The van der Waals surface area contributed by atoms with Gasteiger partial charge in [-0.3, -0.25) is 4.98 Å². The van der Waals surface area contributed by atoms with Gasteiger partial charge in [-0.25, -0.2) is 30.1 Å². The summed E-state index contributed by atoms with van der Waals surface area (Å²) >= 11 is 0. The molecule has 0 spiro atoms. The molecule has 8 heteroatoms. The fourth-order valence-electron chi connectivity index (χ4n) is 1.25. The first-order valence-corrected chi connectivity index (χ1v) is 4.76. The molecule has 1 N–H and O–H groups in total. The largest absolute Gasteiger partial charge is 0.336 e. The Bertz CT molecular complexity index is 598. The zero-order chi connectivity index (χ0) is 12.8. The topological polar surface area (TPSA) is 105 Å². The van der Waals surface area contributed by atoms with Crippen molar-refractivity contribution in [3.05, 3.63) is 42.9 Å². The maximum atomic E-state index is 11.7. The van der Waals surface area contributed by atoms with Crippen molar-refractivity contribution in [3.8, 4) is 6.07 Å². The van der Waals surface area contributed by atoms with Crippen molar-refractivity contribution in [1.82, 2.24) is 14.1 Å². The molecule has 0 atom stereocenters. The van der Waals surface area contributed by atoms with E-state index >= 15 is 0 Å². The molecule has 8 nitrogen and oxygen atoms in total. The van der Waals surface area contributed by atoms with Crippen molar-refractivity contribution in [2.45, 2.75) is 19.5 Å². The van der Waals surface area contributed by atoms with Crippen LogP contribution < -0.4 is 17.1 Å². The molecule has 0 aliphatic carbocycles. The van der Waals surface area contributed by atoms with Crippen molar-refractivity contribution in [2.75, 3.05) is 6.54 Å². The Hall–Kier alpha value is -2.61. The molecular formula is C9H9N5O3. The van der Waals surface area contributed by atoms with Gasteiger partial charge in [0.1, 0.15) is 6.54 Å². The van der Waals surface area contributed by atoms with Crippen LogP contribution in [0.3, 0.4) is 0 Å². The van der Waals surface area contributed by atoms with Gasteiger partial charge in [-0.2, -0.15) is 5.26 Å². The minimum atomic E-state index is -0.839. The van der Waals surface area contributed by atoms with E-state index in [1.54, 1.807) is 6.07 Å². The van der Waals surface area contributed by atoms with Crippen molar-refractivity contribution in [3.63, 3.8) is 0 Å². The van der Waals surface area contributed by atoms with E-state index in [4.69, 9.17) is 11.8 Å². The van der Waals surface area contributed by atoms with Gasteiger partial charge in [0.15, 0.2) is 0 Å². The Morgan fingerprint density at radius 3 is 2.35 bits per heavy atom. The molecule has 0 aromatic carbocycles.